The van der Waals surface area contributed by atoms with Gasteiger partial charge in [-0.2, -0.15) is 0 Å². The fourth-order valence-electron chi connectivity index (χ4n) is 3.07. The highest BCUT2D eigenvalue weighted by atomic mass is 14.4. The third-order valence-corrected chi connectivity index (χ3v) is 4.74. The van der Waals surface area contributed by atoms with Gasteiger partial charge in [0, 0.05) is 0 Å². The molecule has 0 spiro atoms. The predicted octanol–water partition coefficient (Wildman–Crippen LogP) is 7.66. The molecule has 1 saturated carbocycles. The van der Waals surface area contributed by atoms with Crippen molar-refractivity contribution in [3.05, 3.63) is 24.3 Å². The van der Waals surface area contributed by atoms with Crippen LogP contribution in [0.3, 0.4) is 0 Å². The summed E-state index contributed by atoms with van der Waals surface area (Å²) in [5, 5.41) is 0. The topological polar surface area (TPSA) is 0 Å². The second-order valence-corrected chi connectivity index (χ2v) is 6.64. The van der Waals surface area contributed by atoms with Gasteiger partial charge in [-0.25, -0.2) is 0 Å². The normalized spacial score (nSPS) is 27.2. The van der Waals surface area contributed by atoms with Gasteiger partial charge >= 0.3 is 0 Å². The zero-order valence-electron chi connectivity index (χ0n) is 16.4. The van der Waals surface area contributed by atoms with Crippen LogP contribution in [0.5, 0.6) is 0 Å². The number of unbranched alkanes of at least 4 members (excludes halogenated alkanes) is 1. The van der Waals surface area contributed by atoms with E-state index >= 15 is 0 Å². The molecule has 1 fully saturated rings. The third-order valence-electron chi connectivity index (χ3n) is 4.74. The van der Waals surface area contributed by atoms with Crippen LogP contribution in [0.15, 0.2) is 24.3 Å². The lowest BCUT2D eigenvalue weighted by Gasteiger charge is -2.45. The quantitative estimate of drug-likeness (QED) is 0.467. The van der Waals surface area contributed by atoms with E-state index in [0.717, 1.165) is 17.8 Å². The van der Waals surface area contributed by atoms with Gasteiger partial charge in [-0.3, -0.25) is 0 Å². The van der Waals surface area contributed by atoms with Gasteiger partial charge in [0.15, 0.2) is 0 Å². The summed E-state index contributed by atoms with van der Waals surface area (Å²) in [6, 6.07) is 0. The molecule has 0 radical (unpaired) electrons. The van der Waals surface area contributed by atoms with Crippen LogP contribution in [0.25, 0.3) is 0 Å². The van der Waals surface area contributed by atoms with Crippen molar-refractivity contribution in [1.29, 1.82) is 0 Å². The molecule has 1 rings (SSSR count). The predicted molar refractivity (Wildman–Crippen MR) is 101 cm³/mol. The van der Waals surface area contributed by atoms with Gasteiger partial charge in [0.1, 0.15) is 0 Å². The molecule has 0 aromatic rings. The number of allylic oxidation sites excluding steroid dienone is 3. The van der Waals surface area contributed by atoms with Crippen LogP contribution in [-0.4, -0.2) is 0 Å². The van der Waals surface area contributed by atoms with Gasteiger partial charge in [-0.1, -0.05) is 86.1 Å². The Morgan fingerprint density at radius 2 is 1.71 bits per heavy atom. The molecule has 1 aliphatic rings. The van der Waals surface area contributed by atoms with E-state index in [9.17, 15) is 0 Å². The van der Waals surface area contributed by atoms with Crippen molar-refractivity contribution in [2.45, 2.75) is 88.0 Å². The lowest BCUT2D eigenvalue weighted by Crippen LogP contribution is -2.36. The maximum absolute atomic E-state index is 4.18. The Bertz CT molecular complexity index is 282. The molecule has 3 unspecified atom stereocenters. The van der Waals surface area contributed by atoms with Crippen LogP contribution in [0.4, 0.5) is 0 Å². The van der Waals surface area contributed by atoms with E-state index in [1.807, 2.05) is 27.7 Å². The first-order valence-electron chi connectivity index (χ1n) is 9.20. The molecular formula is C21H42. The molecule has 21 heavy (non-hydrogen) atoms. The van der Waals surface area contributed by atoms with E-state index in [4.69, 9.17) is 0 Å². The lowest BCUT2D eigenvalue weighted by atomic mass is 9.60. The molecule has 0 nitrogen and oxygen atoms in total. The first kappa shape index (κ1) is 22.8. The maximum atomic E-state index is 4.18. The van der Waals surface area contributed by atoms with Crippen LogP contribution >= 0.6 is 0 Å². The Balaban J connectivity index is 0. The number of rotatable bonds is 4. The molecule has 0 amide bonds. The largest absolute Gasteiger partial charge is 0.0999 e. The number of hydrogen-bond acceptors (Lipinski definition) is 0. The molecule has 0 aromatic carbocycles. The van der Waals surface area contributed by atoms with Crippen LogP contribution in [0.1, 0.15) is 88.0 Å². The molecule has 126 valence electrons. The Kier molecular flexibility index (Phi) is 13.1. The van der Waals surface area contributed by atoms with Gasteiger partial charge in [0.05, 0.1) is 0 Å². The number of hydrogen-bond donors (Lipinski definition) is 0. The highest BCUT2D eigenvalue weighted by molar-refractivity contribution is 5.07. The van der Waals surface area contributed by atoms with E-state index in [0.29, 0.717) is 5.41 Å². The van der Waals surface area contributed by atoms with Crippen molar-refractivity contribution in [1.82, 2.24) is 0 Å². The molecule has 0 heteroatoms. The molecular weight excluding hydrogens is 252 g/mol. The Hall–Kier alpha value is -0.520. The van der Waals surface area contributed by atoms with Crippen molar-refractivity contribution in [2.75, 3.05) is 0 Å². The standard InChI is InChI=1S/C17H30.2C2H6/c1-7-8-9-10-15-11-16(13(2)3)12-17(5,6)14(15)4;2*1-2/h9-10,14-16H,2,7-8,11-12H2,1,3-6H3;2*1-2H3/b10-9-;;. The van der Waals surface area contributed by atoms with E-state index in [-0.39, 0.29) is 0 Å². The van der Waals surface area contributed by atoms with E-state index in [1.165, 1.54) is 31.3 Å². The molecule has 0 heterocycles. The summed E-state index contributed by atoms with van der Waals surface area (Å²) >= 11 is 0. The average Bonchev–Trinajstić information content (AvgIpc) is 2.47. The summed E-state index contributed by atoms with van der Waals surface area (Å²) in [6.07, 6.45) is 9.96. The van der Waals surface area contributed by atoms with E-state index < -0.39 is 0 Å². The molecule has 0 saturated heterocycles. The van der Waals surface area contributed by atoms with Crippen LogP contribution in [0.2, 0.25) is 0 Å². The summed E-state index contributed by atoms with van der Waals surface area (Å²) in [7, 11) is 0. The van der Waals surface area contributed by atoms with Gasteiger partial charge in [0.2, 0.25) is 0 Å². The van der Waals surface area contributed by atoms with Crippen molar-refractivity contribution >= 4 is 0 Å². The zero-order valence-corrected chi connectivity index (χ0v) is 16.4. The SMILES string of the molecule is C=C(C)C1CC(/C=C\CCC)C(C)C(C)(C)C1.CC.CC. The van der Waals surface area contributed by atoms with Crippen LogP contribution in [-0.2, 0) is 0 Å². The molecule has 3 atom stereocenters. The minimum Gasteiger partial charge on any atom is -0.0999 e. The lowest BCUT2D eigenvalue weighted by molar-refractivity contribution is 0.0836. The molecule has 0 aliphatic heterocycles. The average molecular weight is 295 g/mol. The van der Waals surface area contributed by atoms with Gasteiger partial charge < -0.3 is 0 Å². The summed E-state index contributed by atoms with van der Waals surface area (Å²) in [5.41, 5.74) is 1.82. The summed E-state index contributed by atoms with van der Waals surface area (Å²) in [4.78, 5) is 0. The van der Waals surface area contributed by atoms with E-state index in [2.05, 4.69) is 53.3 Å². The second kappa shape index (κ2) is 12.1. The molecule has 0 N–H and O–H groups in total. The second-order valence-electron chi connectivity index (χ2n) is 6.64. The van der Waals surface area contributed by atoms with Gasteiger partial charge in [0.25, 0.3) is 0 Å². The van der Waals surface area contributed by atoms with Gasteiger partial charge in [-0.05, 0) is 49.4 Å². The highest BCUT2D eigenvalue weighted by Crippen LogP contribution is 2.48. The van der Waals surface area contributed by atoms with E-state index in [1.54, 1.807) is 0 Å². The highest BCUT2D eigenvalue weighted by Gasteiger charge is 2.39. The molecule has 0 aromatic heterocycles. The third kappa shape index (κ3) is 7.88. The summed E-state index contributed by atoms with van der Waals surface area (Å²) < 4.78 is 0. The van der Waals surface area contributed by atoms with Crippen LogP contribution < -0.4 is 0 Å². The molecule has 0 bridgehead atoms. The minimum atomic E-state index is 0.448. The fourth-order valence-corrected chi connectivity index (χ4v) is 3.07. The van der Waals surface area contributed by atoms with Crippen molar-refractivity contribution < 1.29 is 0 Å². The van der Waals surface area contributed by atoms with Crippen molar-refractivity contribution in [2.24, 2.45) is 23.2 Å². The zero-order chi connectivity index (χ0) is 17.1. The summed E-state index contributed by atoms with van der Waals surface area (Å²) in [5.74, 6) is 2.25. The first-order chi connectivity index (χ1) is 9.88. The van der Waals surface area contributed by atoms with Crippen molar-refractivity contribution in [3.63, 3.8) is 0 Å². The Morgan fingerprint density at radius 3 is 2.14 bits per heavy atom. The Morgan fingerprint density at radius 1 is 1.19 bits per heavy atom. The monoisotopic (exact) mass is 294 g/mol. The summed E-state index contributed by atoms with van der Waals surface area (Å²) in [6.45, 7) is 23.9. The van der Waals surface area contributed by atoms with Crippen LogP contribution in [0, 0.1) is 23.2 Å². The Labute approximate surface area is 136 Å². The minimum absolute atomic E-state index is 0.448. The maximum Gasteiger partial charge on any atom is -0.0197 e. The van der Waals surface area contributed by atoms with Crippen molar-refractivity contribution in [3.8, 4) is 0 Å². The fraction of sp³-hybridized carbons (Fsp3) is 0.810. The molecule has 1 aliphatic carbocycles. The van der Waals surface area contributed by atoms with Gasteiger partial charge in [-0.15, -0.1) is 0 Å². The smallest absolute Gasteiger partial charge is 0.0197 e. The first-order valence-corrected chi connectivity index (χ1v) is 9.20.